The molecule has 64 valence electrons. The highest BCUT2D eigenvalue weighted by Crippen LogP contribution is 2.00. The van der Waals surface area contributed by atoms with Crippen molar-refractivity contribution in [3.05, 3.63) is 10.1 Å². The highest BCUT2D eigenvalue weighted by Gasteiger charge is 2.36. The lowest BCUT2D eigenvalue weighted by Crippen LogP contribution is -2.50. The van der Waals surface area contributed by atoms with E-state index in [-0.39, 0.29) is 11.7 Å². The Kier molecular flexibility index (Phi) is 1.86. The lowest BCUT2D eigenvalue weighted by Gasteiger charge is -2.13. The van der Waals surface area contributed by atoms with E-state index < -0.39 is 16.9 Å². The van der Waals surface area contributed by atoms with Crippen molar-refractivity contribution in [1.29, 1.82) is 5.41 Å². The van der Waals surface area contributed by atoms with E-state index >= 15 is 0 Å². The molecular formula is C5H6N4O3. The lowest BCUT2D eigenvalue weighted by molar-refractivity contribution is -0.489. The molecule has 0 radical (unpaired) electrons. The summed E-state index contributed by atoms with van der Waals surface area (Å²) in [5.74, 6) is -1.16. The Morgan fingerprint density at radius 1 is 1.75 bits per heavy atom. The van der Waals surface area contributed by atoms with Crippen LogP contribution < -0.4 is 5.32 Å². The predicted octanol–water partition coefficient (Wildman–Crippen LogP) is -0.843. The number of nitro groups is 1. The molecular weight excluding hydrogens is 164 g/mol. The number of carbonyl (C=O) groups is 1. The first-order chi connectivity index (χ1) is 5.52. The van der Waals surface area contributed by atoms with Crippen molar-refractivity contribution in [2.24, 2.45) is 4.99 Å². The summed E-state index contributed by atoms with van der Waals surface area (Å²) in [5.41, 5.74) is 0.0359. The van der Waals surface area contributed by atoms with E-state index in [9.17, 15) is 14.9 Å². The van der Waals surface area contributed by atoms with Crippen LogP contribution in [0.5, 0.6) is 0 Å². The Balaban J connectivity index is 3.01. The van der Waals surface area contributed by atoms with Crippen molar-refractivity contribution in [3.8, 4) is 0 Å². The molecule has 0 fully saturated rings. The molecule has 1 aliphatic heterocycles. The maximum Gasteiger partial charge on any atom is 0.327 e. The highest BCUT2D eigenvalue weighted by molar-refractivity contribution is 6.18. The number of hydrogen-bond acceptors (Lipinski definition) is 4. The average molecular weight is 170 g/mol. The molecule has 0 saturated carbocycles. The minimum atomic E-state index is -1.45. The third kappa shape index (κ3) is 1.29. The minimum absolute atomic E-state index is 0.0359. The smallest absolute Gasteiger partial charge is 0.289 e. The van der Waals surface area contributed by atoms with E-state index in [1.54, 1.807) is 0 Å². The average Bonchev–Trinajstić information content (AvgIpc) is 1.82. The van der Waals surface area contributed by atoms with Crippen molar-refractivity contribution in [2.45, 2.75) is 13.0 Å². The summed E-state index contributed by atoms with van der Waals surface area (Å²) in [6.07, 6.45) is 0. The first-order valence-electron chi connectivity index (χ1n) is 3.10. The Morgan fingerprint density at radius 2 is 2.33 bits per heavy atom. The zero-order valence-corrected chi connectivity index (χ0v) is 6.20. The van der Waals surface area contributed by atoms with Crippen LogP contribution in [0.15, 0.2) is 4.99 Å². The van der Waals surface area contributed by atoms with E-state index in [4.69, 9.17) is 5.41 Å². The number of amides is 1. The van der Waals surface area contributed by atoms with Crippen LogP contribution in [0, 0.1) is 15.5 Å². The molecule has 1 rings (SSSR count). The van der Waals surface area contributed by atoms with Gasteiger partial charge in [0.25, 0.3) is 0 Å². The summed E-state index contributed by atoms with van der Waals surface area (Å²) in [4.78, 5) is 23.9. The summed E-state index contributed by atoms with van der Waals surface area (Å²) in [6.45, 7) is 1.35. The second-order valence-corrected chi connectivity index (χ2v) is 2.28. The SMILES string of the molecule is CC1=NC(=N)NC(=O)C1[N+](=O)[O-]. The largest absolute Gasteiger partial charge is 0.327 e. The number of rotatable bonds is 1. The first-order valence-corrected chi connectivity index (χ1v) is 3.10. The van der Waals surface area contributed by atoms with Crippen molar-refractivity contribution in [2.75, 3.05) is 0 Å². The maximum absolute atomic E-state index is 10.9. The van der Waals surface area contributed by atoms with E-state index in [1.807, 2.05) is 5.32 Å². The van der Waals surface area contributed by atoms with Gasteiger partial charge in [-0.1, -0.05) is 0 Å². The second kappa shape index (κ2) is 2.68. The van der Waals surface area contributed by atoms with Crippen molar-refractivity contribution in [1.82, 2.24) is 5.32 Å². The third-order valence-electron chi connectivity index (χ3n) is 1.38. The van der Waals surface area contributed by atoms with E-state index in [0.29, 0.717) is 0 Å². The fourth-order valence-electron chi connectivity index (χ4n) is 0.889. The van der Waals surface area contributed by atoms with Crippen molar-refractivity contribution < 1.29 is 9.72 Å². The van der Waals surface area contributed by atoms with Gasteiger partial charge in [0.1, 0.15) is 5.71 Å². The molecule has 0 aromatic heterocycles. The number of carbonyl (C=O) groups excluding carboxylic acids is 1. The fourth-order valence-corrected chi connectivity index (χ4v) is 0.889. The van der Waals surface area contributed by atoms with Crippen LogP contribution in [0.3, 0.4) is 0 Å². The summed E-state index contributed by atoms with van der Waals surface area (Å²) in [5, 5.41) is 19.2. The predicted molar refractivity (Wildman–Crippen MR) is 39.8 cm³/mol. The molecule has 1 amide bonds. The summed E-state index contributed by atoms with van der Waals surface area (Å²) in [6, 6.07) is -1.45. The maximum atomic E-state index is 10.9. The first kappa shape index (κ1) is 8.31. The number of nitrogens with one attached hydrogen (secondary N) is 2. The van der Waals surface area contributed by atoms with Crippen LogP contribution in [0.2, 0.25) is 0 Å². The minimum Gasteiger partial charge on any atom is -0.289 e. The molecule has 0 aliphatic carbocycles. The highest BCUT2D eigenvalue weighted by atomic mass is 16.6. The van der Waals surface area contributed by atoms with Gasteiger partial charge in [0.2, 0.25) is 5.96 Å². The van der Waals surface area contributed by atoms with Crippen molar-refractivity contribution >= 4 is 17.6 Å². The molecule has 0 spiro atoms. The standard InChI is InChI=1S/C5H6N4O3/c1-2-3(9(11)12)4(10)8-5(6)7-2/h3H,1H3,(H2,6,8,10). The molecule has 1 aliphatic rings. The molecule has 0 saturated heterocycles. The Bertz CT molecular complexity index is 295. The zero-order chi connectivity index (χ0) is 9.30. The summed E-state index contributed by atoms with van der Waals surface area (Å²) in [7, 11) is 0. The molecule has 0 bridgehead atoms. The molecule has 12 heavy (non-hydrogen) atoms. The van der Waals surface area contributed by atoms with Crippen LogP contribution in [0.25, 0.3) is 0 Å². The van der Waals surface area contributed by atoms with Gasteiger partial charge < -0.3 is 0 Å². The number of aliphatic imine (C=N–C) groups is 1. The van der Waals surface area contributed by atoms with Crippen molar-refractivity contribution in [3.63, 3.8) is 0 Å². The lowest BCUT2D eigenvalue weighted by atomic mass is 10.1. The van der Waals surface area contributed by atoms with Crippen LogP contribution in [-0.2, 0) is 4.79 Å². The third-order valence-corrected chi connectivity index (χ3v) is 1.38. The van der Waals surface area contributed by atoms with Gasteiger partial charge >= 0.3 is 11.9 Å². The monoisotopic (exact) mass is 170 g/mol. The molecule has 7 heteroatoms. The molecule has 7 nitrogen and oxygen atoms in total. The van der Waals surface area contributed by atoms with Crippen LogP contribution in [0.4, 0.5) is 0 Å². The molecule has 2 N–H and O–H groups in total. The topological polar surface area (TPSA) is 108 Å². The van der Waals surface area contributed by atoms with Gasteiger partial charge in [0.15, 0.2) is 0 Å². The van der Waals surface area contributed by atoms with Gasteiger partial charge in [-0.15, -0.1) is 0 Å². The Labute approximate surface area is 67.1 Å². The van der Waals surface area contributed by atoms with Crippen LogP contribution in [-0.4, -0.2) is 28.5 Å². The van der Waals surface area contributed by atoms with Gasteiger partial charge in [-0.05, 0) is 6.92 Å². The molecule has 1 atom stereocenters. The zero-order valence-electron chi connectivity index (χ0n) is 6.20. The number of guanidine groups is 1. The normalized spacial score (nSPS) is 23.1. The Hall–Kier alpha value is -1.79. The van der Waals surface area contributed by atoms with Crippen LogP contribution >= 0.6 is 0 Å². The van der Waals surface area contributed by atoms with Crippen LogP contribution in [0.1, 0.15) is 6.92 Å². The molecule has 0 aromatic carbocycles. The molecule has 1 unspecified atom stereocenters. The second-order valence-electron chi connectivity index (χ2n) is 2.28. The summed E-state index contributed by atoms with van der Waals surface area (Å²) < 4.78 is 0. The molecule has 0 aromatic rings. The van der Waals surface area contributed by atoms with Gasteiger partial charge in [-0.3, -0.25) is 25.6 Å². The van der Waals surface area contributed by atoms with E-state index in [0.717, 1.165) is 0 Å². The Morgan fingerprint density at radius 3 is 2.75 bits per heavy atom. The van der Waals surface area contributed by atoms with Gasteiger partial charge in [0.05, 0.1) is 0 Å². The van der Waals surface area contributed by atoms with Gasteiger partial charge in [-0.2, -0.15) is 0 Å². The summed E-state index contributed by atoms with van der Waals surface area (Å²) >= 11 is 0. The van der Waals surface area contributed by atoms with Gasteiger partial charge in [0, 0.05) is 4.92 Å². The number of hydrogen-bond donors (Lipinski definition) is 2. The van der Waals surface area contributed by atoms with E-state index in [1.165, 1.54) is 6.92 Å². The number of nitrogens with zero attached hydrogens (tertiary/aromatic N) is 2. The quantitative estimate of drug-likeness (QED) is 0.395. The molecule has 1 heterocycles. The van der Waals surface area contributed by atoms with Gasteiger partial charge in [-0.25, -0.2) is 4.99 Å². The van der Waals surface area contributed by atoms with E-state index in [2.05, 4.69) is 4.99 Å². The fraction of sp³-hybridized carbons (Fsp3) is 0.400.